The molecule has 0 aliphatic carbocycles. The maximum Gasteiger partial charge on any atom is 0.257 e. The van der Waals surface area contributed by atoms with Gasteiger partial charge in [0, 0.05) is 13.1 Å². The van der Waals surface area contributed by atoms with Gasteiger partial charge >= 0.3 is 0 Å². The van der Waals surface area contributed by atoms with Gasteiger partial charge in [-0.05, 0) is 17.7 Å². The van der Waals surface area contributed by atoms with Crippen molar-refractivity contribution in [2.24, 2.45) is 0 Å². The number of hydrogen-bond donors (Lipinski definition) is 1. The van der Waals surface area contributed by atoms with Crippen molar-refractivity contribution in [3.8, 4) is 5.75 Å². The average Bonchev–Trinajstić information content (AvgIpc) is 2.54. The highest BCUT2D eigenvalue weighted by Gasteiger charge is 2.19. The summed E-state index contributed by atoms with van der Waals surface area (Å²) in [6.07, 6.45) is 0. The van der Waals surface area contributed by atoms with Crippen LogP contribution in [0.15, 0.2) is 54.6 Å². The molecule has 0 aliphatic rings. The lowest BCUT2D eigenvalue weighted by atomic mass is 10.1. The first kappa shape index (κ1) is 15.1. The molecule has 2 aromatic rings. The van der Waals surface area contributed by atoms with Crippen molar-refractivity contribution in [2.45, 2.75) is 6.54 Å². The highest BCUT2D eigenvalue weighted by atomic mass is 16.5. The standard InChI is InChI=1S/C17H19NO3/c1-21-16-10-6-5-9-15(16)17(20)18(11-12-19)13-14-7-3-2-4-8-14/h2-10,19H,11-13H2,1H3. The summed E-state index contributed by atoms with van der Waals surface area (Å²) in [5, 5.41) is 9.21. The molecule has 0 aromatic heterocycles. The van der Waals surface area contributed by atoms with Gasteiger partial charge in [0.25, 0.3) is 5.91 Å². The molecular weight excluding hydrogens is 266 g/mol. The first-order valence-electron chi connectivity index (χ1n) is 6.83. The third-order valence-electron chi connectivity index (χ3n) is 3.21. The fraction of sp³-hybridized carbons (Fsp3) is 0.235. The molecule has 0 aliphatic heterocycles. The Bertz CT molecular complexity index is 584. The van der Waals surface area contributed by atoms with Crippen molar-refractivity contribution < 1.29 is 14.6 Å². The highest BCUT2D eigenvalue weighted by Crippen LogP contribution is 2.20. The Morgan fingerprint density at radius 3 is 2.43 bits per heavy atom. The molecule has 0 atom stereocenters. The number of amides is 1. The maximum atomic E-state index is 12.7. The van der Waals surface area contributed by atoms with Crippen LogP contribution in [0.4, 0.5) is 0 Å². The SMILES string of the molecule is COc1ccccc1C(=O)N(CCO)Cc1ccccc1. The number of carbonyl (C=O) groups excluding carboxylic acids is 1. The van der Waals surface area contributed by atoms with Gasteiger partial charge in [-0.3, -0.25) is 4.79 Å². The summed E-state index contributed by atoms with van der Waals surface area (Å²) in [5.41, 5.74) is 1.53. The predicted molar refractivity (Wildman–Crippen MR) is 81.3 cm³/mol. The van der Waals surface area contributed by atoms with E-state index in [2.05, 4.69) is 0 Å². The molecule has 1 amide bonds. The van der Waals surface area contributed by atoms with Gasteiger partial charge in [0.1, 0.15) is 5.75 Å². The summed E-state index contributed by atoms with van der Waals surface area (Å²) in [4.78, 5) is 14.3. The normalized spacial score (nSPS) is 10.2. The minimum absolute atomic E-state index is 0.0757. The van der Waals surface area contributed by atoms with Crippen molar-refractivity contribution in [2.75, 3.05) is 20.3 Å². The van der Waals surface area contributed by atoms with Crippen molar-refractivity contribution in [3.05, 3.63) is 65.7 Å². The van der Waals surface area contributed by atoms with E-state index >= 15 is 0 Å². The van der Waals surface area contributed by atoms with Gasteiger partial charge < -0.3 is 14.7 Å². The maximum absolute atomic E-state index is 12.7. The van der Waals surface area contributed by atoms with Crippen LogP contribution in [0, 0.1) is 0 Å². The Morgan fingerprint density at radius 2 is 1.76 bits per heavy atom. The quantitative estimate of drug-likeness (QED) is 0.886. The smallest absolute Gasteiger partial charge is 0.257 e. The molecule has 4 heteroatoms. The number of ether oxygens (including phenoxy) is 1. The molecule has 1 N–H and O–H groups in total. The van der Waals surface area contributed by atoms with Gasteiger partial charge in [-0.25, -0.2) is 0 Å². The number of methoxy groups -OCH3 is 1. The second kappa shape index (κ2) is 7.45. The van der Waals surface area contributed by atoms with E-state index in [1.165, 1.54) is 0 Å². The van der Waals surface area contributed by atoms with Crippen LogP contribution in [-0.2, 0) is 6.54 Å². The monoisotopic (exact) mass is 285 g/mol. The third-order valence-corrected chi connectivity index (χ3v) is 3.21. The van der Waals surface area contributed by atoms with Gasteiger partial charge in [0.15, 0.2) is 0 Å². The van der Waals surface area contributed by atoms with E-state index in [1.807, 2.05) is 36.4 Å². The van der Waals surface area contributed by atoms with Crippen LogP contribution in [-0.4, -0.2) is 36.2 Å². The van der Waals surface area contributed by atoms with E-state index in [0.717, 1.165) is 5.56 Å². The number of aliphatic hydroxyl groups is 1. The van der Waals surface area contributed by atoms with Gasteiger partial charge in [-0.2, -0.15) is 0 Å². The molecule has 0 spiro atoms. The number of rotatable bonds is 6. The minimum Gasteiger partial charge on any atom is -0.496 e. The van der Waals surface area contributed by atoms with E-state index < -0.39 is 0 Å². The summed E-state index contributed by atoms with van der Waals surface area (Å²) in [6.45, 7) is 0.664. The van der Waals surface area contributed by atoms with Crippen molar-refractivity contribution in [1.29, 1.82) is 0 Å². The molecule has 0 bridgehead atoms. The van der Waals surface area contributed by atoms with Gasteiger partial charge in [-0.1, -0.05) is 42.5 Å². The lowest BCUT2D eigenvalue weighted by Gasteiger charge is -2.23. The van der Waals surface area contributed by atoms with Crippen LogP contribution in [0.2, 0.25) is 0 Å². The van der Waals surface area contributed by atoms with E-state index in [9.17, 15) is 9.90 Å². The molecule has 110 valence electrons. The summed E-state index contributed by atoms with van der Waals surface area (Å²) in [6, 6.07) is 16.8. The summed E-state index contributed by atoms with van der Waals surface area (Å²) in [7, 11) is 1.54. The van der Waals surface area contributed by atoms with Gasteiger partial charge in [-0.15, -0.1) is 0 Å². The number of para-hydroxylation sites is 1. The minimum atomic E-state index is -0.148. The topological polar surface area (TPSA) is 49.8 Å². The molecule has 21 heavy (non-hydrogen) atoms. The van der Waals surface area contributed by atoms with E-state index in [1.54, 1.807) is 30.2 Å². The number of aliphatic hydroxyl groups excluding tert-OH is 1. The fourth-order valence-electron chi connectivity index (χ4n) is 2.17. The first-order chi connectivity index (χ1) is 10.3. The average molecular weight is 285 g/mol. The molecule has 0 saturated carbocycles. The summed E-state index contributed by atoms with van der Waals surface area (Å²) in [5.74, 6) is 0.392. The zero-order valence-electron chi connectivity index (χ0n) is 12.0. The second-order valence-corrected chi connectivity index (χ2v) is 4.64. The molecule has 0 heterocycles. The molecule has 0 unspecified atom stereocenters. The van der Waals surface area contributed by atoms with E-state index in [0.29, 0.717) is 17.9 Å². The lowest BCUT2D eigenvalue weighted by molar-refractivity contribution is 0.0704. The number of hydrogen-bond acceptors (Lipinski definition) is 3. The Kier molecular flexibility index (Phi) is 5.35. The third kappa shape index (κ3) is 3.83. The zero-order valence-corrected chi connectivity index (χ0v) is 12.0. The van der Waals surface area contributed by atoms with Gasteiger partial charge in [0.2, 0.25) is 0 Å². The van der Waals surface area contributed by atoms with Gasteiger partial charge in [0.05, 0.1) is 19.3 Å². The van der Waals surface area contributed by atoms with E-state index in [4.69, 9.17) is 4.74 Å². The predicted octanol–water partition coefficient (Wildman–Crippen LogP) is 2.33. The fourth-order valence-corrected chi connectivity index (χ4v) is 2.17. The Hall–Kier alpha value is -2.33. The van der Waals surface area contributed by atoms with Crippen LogP contribution in [0.25, 0.3) is 0 Å². The second-order valence-electron chi connectivity index (χ2n) is 4.64. The largest absolute Gasteiger partial charge is 0.496 e. The molecule has 0 saturated heterocycles. The molecular formula is C17H19NO3. The zero-order chi connectivity index (χ0) is 15.1. The van der Waals surface area contributed by atoms with Crippen LogP contribution in [0.3, 0.4) is 0 Å². The Labute approximate surface area is 124 Å². The molecule has 4 nitrogen and oxygen atoms in total. The number of benzene rings is 2. The highest BCUT2D eigenvalue weighted by molar-refractivity contribution is 5.96. The van der Waals surface area contributed by atoms with Crippen LogP contribution in [0.5, 0.6) is 5.75 Å². The van der Waals surface area contributed by atoms with Crippen molar-refractivity contribution in [3.63, 3.8) is 0 Å². The lowest BCUT2D eigenvalue weighted by Crippen LogP contribution is -2.33. The molecule has 2 rings (SSSR count). The molecule has 0 radical (unpaired) electrons. The summed E-state index contributed by atoms with van der Waals surface area (Å²) >= 11 is 0. The molecule has 2 aromatic carbocycles. The van der Waals surface area contributed by atoms with Crippen LogP contribution >= 0.6 is 0 Å². The van der Waals surface area contributed by atoms with Crippen LogP contribution in [0.1, 0.15) is 15.9 Å². The van der Waals surface area contributed by atoms with E-state index in [-0.39, 0.29) is 19.1 Å². The Balaban J connectivity index is 2.23. The Morgan fingerprint density at radius 1 is 1.10 bits per heavy atom. The molecule has 0 fully saturated rings. The number of carbonyl (C=O) groups is 1. The van der Waals surface area contributed by atoms with Crippen molar-refractivity contribution >= 4 is 5.91 Å². The van der Waals surface area contributed by atoms with Crippen LogP contribution < -0.4 is 4.74 Å². The first-order valence-corrected chi connectivity index (χ1v) is 6.83. The van der Waals surface area contributed by atoms with Crippen molar-refractivity contribution in [1.82, 2.24) is 4.90 Å². The number of nitrogens with zero attached hydrogens (tertiary/aromatic N) is 1. The summed E-state index contributed by atoms with van der Waals surface area (Å²) < 4.78 is 5.23.